The highest BCUT2D eigenvalue weighted by Gasteiger charge is 2.19. The van der Waals surface area contributed by atoms with Gasteiger partial charge in [-0.3, -0.25) is 0 Å². The van der Waals surface area contributed by atoms with Crippen LogP contribution in [0.2, 0.25) is 0 Å². The first-order valence-electron chi connectivity index (χ1n) is 7.35. The third kappa shape index (κ3) is 3.20. The Morgan fingerprint density at radius 2 is 1.80 bits per heavy atom. The molecule has 20 heavy (non-hydrogen) atoms. The molecule has 0 fully saturated rings. The zero-order valence-corrected chi connectivity index (χ0v) is 12.0. The smallest absolute Gasteiger partial charge is 0.0372 e. The van der Waals surface area contributed by atoms with Crippen molar-refractivity contribution in [3.8, 4) is 0 Å². The summed E-state index contributed by atoms with van der Waals surface area (Å²) in [5.74, 6) is 0.693. The number of rotatable bonds is 4. The molecule has 1 N–H and O–H groups in total. The van der Waals surface area contributed by atoms with Gasteiger partial charge in [-0.25, -0.2) is 0 Å². The number of anilines is 1. The van der Waals surface area contributed by atoms with Crippen molar-refractivity contribution in [3.63, 3.8) is 0 Å². The molecule has 0 radical (unpaired) electrons. The highest BCUT2D eigenvalue weighted by Crippen LogP contribution is 2.24. The van der Waals surface area contributed by atoms with Gasteiger partial charge in [-0.1, -0.05) is 48.5 Å². The fraction of sp³-hybridized carbons (Fsp3) is 0.333. The summed E-state index contributed by atoms with van der Waals surface area (Å²) >= 11 is 0. The van der Waals surface area contributed by atoms with Gasteiger partial charge in [0.05, 0.1) is 0 Å². The van der Waals surface area contributed by atoms with E-state index in [-0.39, 0.29) is 0 Å². The largest absolute Gasteiger partial charge is 0.384 e. The second-order valence-electron chi connectivity index (χ2n) is 5.79. The van der Waals surface area contributed by atoms with E-state index in [2.05, 4.69) is 71.9 Å². The molecule has 1 atom stereocenters. The number of hydrogen-bond donors (Lipinski definition) is 1. The van der Waals surface area contributed by atoms with Crippen molar-refractivity contribution in [1.29, 1.82) is 0 Å². The number of nitrogens with one attached hydrogen (secondary N) is 1. The molecule has 1 heterocycles. The quantitative estimate of drug-likeness (QED) is 0.912. The molecule has 0 aromatic heterocycles. The molecule has 3 rings (SSSR count). The van der Waals surface area contributed by atoms with Gasteiger partial charge in [-0.05, 0) is 36.6 Å². The summed E-state index contributed by atoms with van der Waals surface area (Å²) < 4.78 is 0. The average Bonchev–Trinajstić information content (AvgIpc) is 2.48. The lowest BCUT2D eigenvalue weighted by Gasteiger charge is -2.29. The summed E-state index contributed by atoms with van der Waals surface area (Å²) in [4.78, 5) is 2.43. The Hall–Kier alpha value is -1.80. The fourth-order valence-electron chi connectivity index (χ4n) is 3.04. The van der Waals surface area contributed by atoms with Crippen LogP contribution in [-0.2, 0) is 13.0 Å². The summed E-state index contributed by atoms with van der Waals surface area (Å²) in [6, 6.07) is 19.4. The van der Waals surface area contributed by atoms with Gasteiger partial charge in [0.25, 0.3) is 0 Å². The number of nitrogens with zero attached hydrogens (tertiary/aromatic N) is 1. The molecule has 0 saturated carbocycles. The molecule has 1 unspecified atom stereocenters. The molecule has 0 amide bonds. The van der Waals surface area contributed by atoms with Gasteiger partial charge in [-0.2, -0.15) is 0 Å². The lowest BCUT2D eigenvalue weighted by Crippen LogP contribution is -2.33. The molecule has 2 heteroatoms. The molecule has 104 valence electrons. The topological polar surface area (TPSA) is 15.3 Å². The average molecular weight is 266 g/mol. The monoisotopic (exact) mass is 266 g/mol. The fourth-order valence-corrected chi connectivity index (χ4v) is 3.04. The molecule has 0 aliphatic carbocycles. The third-order valence-electron chi connectivity index (χ3n) is 3.97. The van der Waals surface area contributed by atoms with Crippen LogP contribution in [0.25, 0.3) is 0 Å². The maximum absolute atomic E-state index is 3.56. The highest BCUT2D eigenvalue weighted by atomic mass is 15.1. The van der Waals surface area contributed by atoms with Crippen LogP contribution in [0.3, 0.4) is 0 Å². The zero-order chi connectivity index (χ0) is 13.8. The summed E-state index contributed by atoms with van der Waals surface area (Å²) in [7, 11) is 2.22. The van der Waals surface area contributed by atoms with E-state index in [4.69, 9.17) is 0 Å². The van der Waals surface area contributed by atoms with Gasteiger partial charge in [0.15, 0.2) is 0 Å². The van der Waals surface area contributed by atoms with Gasteiger partial charge >= 0.3 is 0 Å². The molecule has 0 bridgehead atoms. The van der Waals surface area contributed by atoms with E-state index < -0.39 is 0 Å². The Kier molecular flexibility index (Phi) is 4.03. The maximum Gasteiger partial charge on any atom is 0.0372 e. The summed E-state index contributed by atoms with van der Waals surface area (Å²) in [5, 5.41) is 3.56. The van der Waals surface area contributed by atoms with Gasteiger partial charge in [0.2, 0.25) is 0 Å². The first-order chi connectivity index (χ1) is 9.81. The lowest BCUT2D eigenvalue weighted by atomic mass is 9.93. The van der Waals surface area contributed by atoms with Gasteiger partial charge in [-0.15, -0.1) is 0 Å². The van der Waals surface area contributed by atoms with Crippen LogP contribution in [0.5, 0.6) is 0 Å². The SMILES string of the molecule is CN(Cc1ccccc1)CC1CNc2ccccc2C1. The van der Waals surface area contributed by atoms with Crippen LogP contribution in [0.15, 0.2) is 54.6 Å². The molecule has 2 aromatic carbocycles. The minimum Gasteiger partial charge on any atom is -0.384 e. The first kappa shape index (κ1) is 13.2. The molecule has 1 aliphatic heterocycles. The van der Waals surface area contributed by atoms with Crippen LogP contribution in [0.4, 0.5) is 5.69 Å². The Morgan fingerprint density at radius 1 is 1.05 bits per heavy atom. The highest BCUT2D eigenvalue weighted by molar-refractivity contribution is 5.53. The lowest BCUT2D eigenvalue weighted by molar-refractivity contribution is 0.271. The molecular weight excluding hydrogens is 244 g/mol. The van der Waals surface area contributed by atoms with Crippen LogP contribution in [0.1, 0.15) is 11.1 Å². The van der Waals surface area contributed by atoms with Crippen molar-refractivity contribution in [1.82, 2.24) is 4.90 Å². The van der Waals surface area contributed by atoms with Crippen LogP contribution < -0.4 is 5.32 Å². The predicted octanol–water partition coefficient (Wildman–Crippen LogP) is 3.40. The standard InChI is InChI=1S/C18H22N2/c1-20(13-15-7-3-2-4-8-15)14-16-11-17-9-5-6-10-18(17)19-12-16/h2-10,16,19H,11-14H2,1H3. The van der Waals surface area contributed by atoms with Gasteiger partial charge < -0.3 is 10.2 Å². The van der Waals surface area contributed by atoms with Crippen LogP contribution >= 0.6 is 0 Å². The Labute approximate surface area is 121 Å². The van der Waals surface area contributed by atoms with Crippen molar-refractivity contribution in [2.75, 3.05) is 25.5 Å². The molecule has 0 spiro atoms. The van der Waals surface area contributed by atoms with E-state index in [1.54, 1.807) is 0 Å². The van der Waals surface area contributed by atoms with E-state index in [0.717, 1.165) is 19.6 Å². The van der Waals surface area contributed by atoms with Crippen molar-refractivity contribution < 1.29 is 0 Å². The van der Waals surface area contributed by atoms with Crippen molar-refractivity contribution in [2.24, 2.45) is 5.92 Å². The van der Waals surface area contributed by atoms with Crippen LogP contribution in [-0.4, -0.2) is 25.0 Å². The molecule has 2 aromatic rings. The van der Waals surface area contributed by atoms with Crippen molar-refractivity contribution in [2.45, 2.75) is 13.0 Å². The maximum atomic E-state index is 3.56. The van der Waals surface area contributed by atoms with E-state index in [1.165, 1.54) is 23.2 Å². The second kappa shape index (κ2) is 6.10. The number of para-hydroxylation sites is 1. The Bertz CT molecular complexity index is 550. The predicted molar refractivity (Wildman–Crippen MR) is 84.9 cm³/mol. The molecule has 0 saturated heterocycles. The summed E-state index contributed by atoms with van der Waals surface area (Å²) in [6.07, 6.45) is 1.18. The van der Waals surface area contributed by atoms with Crippen molar-refractivity contribution >= 4 is 5.69 Å². The molecule has 2 nitrogen and oxygen atoms in total. The van der Waals surface area contributed by atoms with E-state index in [1.807, 2.05) is 0 Å². The minimum absolute atomic E-state index is 0.693. The second-order valence-corrected chi connectivity index (χ2v) is 5.79. The Morgan fingerprint density at radius 3 is 2.65 bits per heavy atom. The minimum atomic E-state index is 0.693. The zero-order valence-electron chi connectivity index (χ0n) is 12.0. The molecule has 1 aliphatic rings. The number of fused-ring (bicyclic) bond motifs is 1. The number of hydrogen-bond acceptors (Lipinski definition) is 2. The van der Waals surface area contributed by atoms with Gasteiger partial charge in [0, 0.05) is 25.3 Å². The normalized spacial score (nSPS) is 17.6. The molecular formula is C18H22N2. The van der Waals surface area contributed by atoms with Crippen molar-refractivity contribution in [3.05, 3.63) is 65.7 Å². The third-order valence-corrected chi connectivity index (χ3v) is 3.97. The van der Waals surface area contributed by atoms with Gasteiger partial charge in [0.1, 0.15) is 0 Å². The first-order valence-corrected chi connectivity index (χ1v) is 7.35. The number of benzene rings is 2. The van der Waals surface area contributed by atoms with Crippen LogP contribution in [0, 0.1) is 5.92 Å². The van der Waals surface area contributed by atoms with E-state index >= 15 is 0 Å². The van der Waals surface area contributed by atoms with E-state index in [0.29, 0.717) is 5.92 Å². The summed E-state index contributed by atoms with van der Waals surface area (Å²) in [5.41, 5.74) is 4.16. The van der Waals surface area contributed by atoms with E-state index in [9.17, 15) is 0 Å². The Balaban J connectivity index is 1.57. The summed E-state index contributed by atoms with van der Waals surface area (Å²) in [6.45, 7) is 3.24.